The van der Waals surface area contributed by atoms with Crippen molar-refractivity contribution >= 4 is 11.8 Å². The minimum atomic E-state index is 0.0309. The molecule has 2 aliphatic rings. The molecule has 1 saturated heterocycles. The topological polar surface area (TPSA) is 61.9 Å². The quantitative estimate of drug-likeness (QED) is 0.727. The van der Waals surface area contributed by atoms with Crippen LogP contribution < -0.4 is 10.1 Å². The number of carbonyl (C=O) groups excluding carboxylic acids is 2. The van der Waals surface area contributed by atoms with Gasteiger partial charge in [-0.15, -0.1) is 0 Å². The molecule has 3 rings (SSSR count). The average molecular weight is 402 g/mol. The summed E-state index contributed by atoms with van der Waals surface area (Å²) >= 11 is 0. The normalized spacial score (nSPS) is 18.4. The summed E-state index contributed by atoms with van der Waals surface area (Å²) in [5, 5.41) is 2.84. The third-order valence-electron chi connectivity index (χ3n) is 6.24. The highest BCUT2D eigenvalue weighted by Crippen LogP contribution is 2.26. The fourth-order valence-electron chi connectivity index (χ4n) is 4.31. The molecule has 0 unspecified atom stereocenters. The largest absolute Gasteiger partial charge is 0.497 e. The molecule has 2 amide bonds. The van der Waals surface area contributed by atoms with E-state index < -0.39 is 0 Å². The summed E-state index contributed by atoms with van der Waals surface area (Å²) in [7, 11) is 1.68. The minimum Gasteiger partial charge on any atom is -0.497 e. The number of hydrogen-bond acceptors (Lipinski definition) is 4. The van der Waals surface area contributed by atoms with Gasteiger partial charge in [0, 0.05) is 39.1 Å². The maximum atomic E-state index is 12.4. The molecule has 6 heteroatoms. The Bertz CT molecular complexity index is 648. The number of nitrogens with one attached hydrogen (secondary N) is 1. The summed E-state index contributed by atoms with van der Waals surface area (Å²) in [5.74, 6) is 1.46. The number of amides is 2. The lowest BCUT2D eigenvalue weighted by molar-refractivity contribution is -0.134. The number of ether oxygens (including phenoxy) is 1. The molecule has 0 atom stereocenters. The Hall–Kier alpha value is -2.08. The van der Waals surface area contributed by atoms with E-state index in [9.17, 15) is 9.59 Å². The van der Waals surface area contributed by atoms with Crippen LogP contribution in [0.5, 0.6) is 5.75 Å². The second-order valence-corrected chi connectivity index (χ2v) is 8.31. The van der Waals surface area contributed by atoms with Crippen molar-refractivity contribution in [2.45, 2.75) is 44.9 Å². The Kier molecular flexibility index (Phi) is 8.35. The summed E-state index contributed by atoms with van der Waals surface area (Å²) < 4.78 is 5.20. The number of methoxy groups -OCH3 is 1. The molecular weight excluding hydrogens is 366 g/mol. The van der Waals surface area contributed by atoms with Gasteiger partial charge in [-0.1, -0.05) is 31.4 Å². The molecule has 1 aliphatic heterocycles. The lowest BCUT2D eigenvalue weighted by Crippen LogP contribution is -2.51. The van der Waals surface area contributed by atoms with Crippen LogP contribution in [-0.4, -0.2) is 68.0 Å². The molecule has 1 saturated carbocycles. The van der Waals surface area contributed by atoms with Crippen LogP contribution in [0.1, 0.15) is 44.1 Å². The smallest absolute Gasteiger partial charge is 0.242 e. The molecule has 1 N–H and O–H groups in total. The second-order valence-electron chi connectivity index (χ2n) is 8.31. The van der Waals surface area contributed by atoms with Gasteiger partial charge in [0.05, 0.1) is 13.7 Å². The van der Waals surface area contributed by atoms with Crippen LogP contribution in [0.15, 0.2) is 24.3 Å². The molecule has 0 spiro atoms. The maximum Gasteiger partial charge on any atom is 0.242 e. The fraction of sp³-hybridized carbons (Fsp3) is 0.652. The Labute approximate surface area is 174 Å². The number of piperazine rings is 1. The predicted molar refractivity (Wildman–Crippen MR) is 114 cm³/mol. The molecule has 1 aliphatic carbocycles. The lowest BCUT2D eigenvalue weighted by Gasteiger charge is -2.34. The number of rotatable bonds is 8. The molecule has 1 heterocycles. The van der Waals surface area contributed by atoms with Crippen LogP contribution >= 0.6 is 0 Å². The van der Waals surface area contributed by atoms with Gasteiger partial charge in [0.1, 0.15) is 5.75 Å². The van der Waals surface area contributed by atoms with Crippen LogP contribution in [0.25, 0.3) is 0 Å². The first-order chi connectivity index (χ1) is 14.1. The van der Waals surface area contributed by atoms with Crippen LogP contribution in [-0.2, 0) is 16.0 Å². The van der Waals surface area contributed by atoms with E-state index in [-0.39, 0.29) is 18.4 Å². The molecular formula is C23H35N3O3. The van der Waals surface area contributed by atoms with Crippen LogP contribution in [0, 0.1) is 5.92 Å². The zero-order chi connectivity index (χ0) is 20.5. The van der Waals surface area contributed by atoms with Crippen LogP contribution in [0.2, 0.25) is 0 Å². The number of benzene rings is 1. The van der Waals surface area contributed by atoms with Gasteiger partial charge in [0.15, 0.2) is 0 Å². The first kappa shape index (κ1) is 21.6. The molecule has 160 valence electrons. The molecule has 0 bridgehead atoms. The Morgan fingerprint density at radius 1 is 1.03 bits per heavy atom. The highest BCUT2D eigenvalue weighted by molar-refractivity contribution is 5.84. The molecule has 1 aromatic carbocycles. The Balaban J connectivity index is 1.30. The van der Waals surface area contributed by atoms with Crippen molar-refractivity contribution in [2.24, 2.45) is 5.92 Å². The van der Waals surface area contributed by atoms with Gasteiger partial charge >= 0.3 is 0 Å². The van der Waals surface area contributed by atoms with E-state index in [0.29, 0.717) is 12.3 Å². The molecule has 29 heavy (non-hydrogen) atoms. The highest BCUT2D eigenvalue weighted by atomic mass is 16.5. The van der Waals surface area contributed by atoms with E-state index in [4.69, 9.17) is 4.74 Å². The van der Waals surface area contributed by atoms with Crippen molar-refractivity contribution in [3.8, 4) is 5.75 Å². The molecule has 2 fully saturated rings. The van der Waals surface area contributed by atoms with Gasteiger partial charge in [-0.25, -0.2) is 0 Å². The molecule has 1 aromatic rings. The van der Waals surface area contributed by atoms with Crippen molar-refractivity contribution in [3.05, 3.63) is 29.8 Å². The van der Waals surface area contributed by atoms with Crippen molar-refractivity contribution < 1.29 is 14.3 Å². The summed E-state index contributed by atoms with van der Waals surface area (Å²) in [6.45, 7) is 4.37. The van der Waals surface area contributed by atoms with E-state index in [1.807, 2.05) is 17.0 Å². The maximum absolute atomic E-state index is 12.4. The van der Waals surface area contributed by atoms with Crippen LogP contribution in [0.3, 0.4) is 0 Å². The van der Waals surface area contributed by atoms with E-state index in [1.165, 1.54) is 24.8 Å². The van der Waals surface area contributed by atoms with Gasteiger partial charge in [-0.2, -0.15) is 0 Å². The van der Waals surface area contributed by atoms with Gasteiger partial charge in [0.25, 0.3) is 0 Å². The van der Waals surface area contributed by atoms with E-state index >= 15 is 0 Å². The van der Waals surface area contributed by atoms with Crippen molar-refractivity contribution in [3.63, 3.8) is 0 Å². The lowest BCUT2D eigenvalue weighted by atomic mass is 9.87. The number of hydrogen-bond donors (Lipinski definition) is 1. The summed E-state index contributed by atoms with van der Waals surface area (Å²) in [6.07, 6.45) is 7.64. The highest BCUT2D eigenvalue weighted by Gasteiger charge is 2.22. The zero-order valence-corrected chi connectivity index (χ0v) is 17.7. The molecule has 0 aromatic heterocycles. The van der Waals surface area contributed by atoms with E-state index in [2.05, 4.69) is 22.3 Å². The van der Waals surface area contributed by atoms with Gasteiger partial charge in [-0.3, -0.25) is 14.5 Å². The van der Waals surface area contributed by atoms with Crippen molar-refractivity contribution in [1.29, 1.82) is 0 Å². The predicted octanol–water partition coefficient (Wildman–Crippen LogP) is 2.47. The fourth-order valence-corrected chi connectivity index (χ4v) is 4.31. The third-order valence-corrected chi connectivity index (χ3v) is 6.24. The summed E-state index contributed by atoms with van der Waals surface area (Å²) in [4.78, 5) is 28.8. The van der Waals surface area contributed by atoms with E-state index in [1.54, 1.807) is 7.11 Å². The van der Waals surface area contributed by atoms with E-state index in [0.717, 1.165) is 57.7 Å². The van der Waals surface area contributed by atoms with Gasteiger partial charge in [0.2, 0.25) is 11.8 Å². The first-order valence-corrected chi connectivity index (χ1v) is 11.0. The van der Waals surface area contributed by atoms with Crippen LogP contribution in [0.4, 0.5) is 0 Å². The monoisotopic (exact) mass is 401 g/mol. The summed E-state index contributed by atoms with van der Waals surface area (Å²) in [6, 6.07) is 8.20. The molecule has 0 radical (unpaired) electrons. The molecule has 6 nitrogen and oxygen atoms in total. The number of nitrogens with zero attached hydrogens (tertiary/aromatic N) is 2. The average Bonchev–Trinajstić information content (AvgIpc) is 2.77. The summed E-state index contributed by atoms with van der Waals surface area (Å²) in [5.41, 5.74) is 1.30. The Morgan fingerprint density at radius 3 is 2.38 bits per heavy atom. The van der Waals surface area contributed by atoms with Gasteiger partial charge in [-0.05, 0) is 42.9 Å². The number of carbonyl (C=O) groups is 2. The minimum absolute atomic E-state index is 0.0309. The Morgan fingerprint density at radius 2 is 1.72 bits per heavy atom. The van der Waals surface area contributed by atoms with Crippen molar-refractivity contribution in [2.75, 3.05) is 46.4 Å². The first-order valence-electron chi connectivity index (χ1n) is 11.0. The third kappa shape index (κ3) is 7.03. The second kappa shape index (κ2) is 11.2. The van der Waals surface area contributed by atoms with Gasteiger partial charge < -0.3 is 15.0 Å². The SMILES string of the molecule is COc1ccc(CCN2CCN(C(=O)CNC(=O)CC3CCCCC3)CC2)cc1. The van der Waals surface area contributed by atoms with Crippen molar-refractivity contribution in [1.82, 2.24) is 15.1 Å². The zero-order valence-electron chi connectivity index (χ0n) is 17.7. The standard InChI is InChI=1S/C23H35N3O3/c1-29-21-9-7-19(8-10-21)11-12-25-13-15-26(16-14-25)23(28)18-24-22(27)17-20-5-3-2-4-6-20/h7-10,20H,2-6,11-18H2,1H3,(H,24,27).